The highest BCUT2D eigenvalue weighted by molar-refractivity contribution is 6.00. The Balaban J connectivity index is 1.31. The fraction of sp³-hybridized carbons (Fsp3) is 0.275. The second-order valence-electron chi connectivity index (χ2n) is 12.5. The summed E-state index contributed by atoms with van der Waals surface area (Å²) in [6.45, 7) is -0.866. The third-order valence-corrected chi connectivity index (χ3v) is 8.50. The maximum absolute atomic E-state index is 13.7. The molecule has 0 aliphatic carbocycles. The molecule has 0 radical (unpaired) electrons. The zero-order valence-corrected chi connectivity index (χ0v) is 28.5. The molecule has 270 valence electrons. The van der Waals surface area contributed by atoms with E-state index < -0.39 is 60.4 Å². The maximum Gasteiger partial charge on any atom is 0.408 e. The molecule has 0 saturated carbocycles. The van der Waals surface area contributed by atoms with E-state index in [0.29, 0.717) is 12.1 Å². The lowest BCUT2D eigenvalue weighted by molar-refractivity contribution is -0.148. The highest BCUT2D eigenvalue weighted by Crippen LogP contribution is 2.20. The fourth-order valence-corrected chi connectivity index (χ4v) is 5.70. The van der Waals surface area contributed by atoms with E-state index in [2.05, 4.69) is 21.3 Å². The van der Waals surface area contributed by atoms with Crippen molar-refractivity contribution in [3.8, 4) is 0 Å². The molecule has 5 N–H and O–H groups in total. The summed E-state index contributed by atoms with van der Waals surface area (Å²) in [4.78, 5) is 66.4. The van der Waals surface area contributed by atoms with Gasteiger partial charge in [-0.2, -0.15) is 0 Å². The first-order valence-corrected chi connectivity index (χ1v) is 17.1. The SMILES string of the molecule is O=C(C[C@H]1CC=CC[C@@H](NC(=O)OCc2ccccc2)C(=O)OC[C@@H](C(=O)Nc2ccc3ccccc3c2)NC1=O)N[C@H](CO)Cc1ccccc1. The van der Waals surface area contributed by atoms with E-state index in [9.17, 15) is 29.1 Å². The van der Waals surface area contributed by atoms with Crippen LogP contribution >= 0.6 is 0 Å². The monoisotopic (exact) mass is 706 g/mol. The molecule has 4 aromatic rings. The first-order chi connectivity index (χ1) is 25.3. The number of carbonyl (C=O) groups excluding carboxylic acids is 5. The van der Waals surface area contributed by atoms with Crippen LogP contribution in [0, 0.1) is 5.92 Å². The van der Waals surface area contributed by atoms with E-state index in [0.717, 1.165) is 21.9 Å². The van der Waals surface area contributed by atoms with Gasteiger partial charge in [-0.1, -0.05) is 103 Å². The van der Waals surface area contributed by atoms with E-state index in [4.69, 9.17) is 9.47 Å². The predicted molar refractivity (Wildman–Crippen MR) is 195 cm³/mol. The number of aliphatic hydroxyl groups is 1. The Kier molecular flexibility index (Phi) is 13.5. The summed E-state index contributed by atoms with van der Waals surface area (Å²) in [5.41, 5.74) is 2.15. The Bertz CT molecular complexity index is 1870. The molecule has 0 bridgehead atoms. The van der Waals surface area contributed by atoms with Crippen LogP contribution < -0.4 is 21.3 Å². The quantitative estimate of drug-likeness (QED) is 0.114. The average Bonchev–Trinajstić information content (AvgIpc) is 3.16. The molecule has 0 spiro atoms. The van der Waals surface area contributed by atoms with Crippen LogP contribution in [0.15, 0.2) is 115 Å². The van der Waals surface area contributed by atoms with Crippen LogP contribution in [0.5, 0.6) is 0 Å². The number of carbonyl (C=O) groups is 5. The average molecular weight is 707 g/mol. The lowest BCUT2D eigenvalue weighted by atomic mass is 9.97. The van der Waals surface area contributed by atoms with Gasteiger partial charge < -0.3 is 35.8 Å². The van der Waals surface area contributed by atoms with Gasteiger partial charge >= 0.3 is 12.1 Å². The van der Waals surface area contributed by atoms with Crippen LogP contribution in [0.1, 0.15) is 30.4 Å². The molecule has 4 amide bonds. The Labute approximate surface area is 301 Å². The summed E-state index contributed by atoms with van der Waals surface area (Å²) in [6.07, 6.45) is 2.64. The molecule has 5 rings (SSSR count). The second kappa shape index (κ2) is 18.8. The van der Waals surface area contributed by atoms with Crippen LogP contribution in [0.2, 0.25) is 0 Å². The molecule has 1 aliphatic heterocycles. The highest BCUT2D eigenvalue weighted by atomic mass is 16.6. The van der Waals surface area contributed by atoms with Gasteiger partial charge in [0.2, 0.25) is 11.8 Å². The largest absolute Gasteiger partial charge is 0.461 e. The lowest BCUT2D eigenvalue weighted by Gasteiger charge is -2.24. The van der Waals surface area contributed by atoms with Crippen LogP contribution in [0.25, 0.3) is 10.8 Å². The fourth-order valence-electron chi connectivity index (χ4n) is 5.70. The van der Waals surface area contributed by atoms with Gasteiger partial charge in [0, 0.05) is 12.1 Å². The van der Waals surface area contributed by atoms with Crippen LogP contribution in [0.3, 0.4) is 0 Å². The van der Waals surface area contributed by atoms with E-state index in [1.165, 1.54) is 0 Å². The summed E-state index contributed by atoms with van der Waals surface area (Å²) in [5, 5.41) is 22.6. The summed E-state index contributed by atoms with van der Waals surface area (Å²) >= 11 is 0. The summed E-state index contributed by atoms with van der Waals surface area (Å²) in [7, 11) is 0. The minimum atomic E-state index is -1.34. The van der Waals surface area contributed by atoms with Crippen molar-refractivity contribution in [2.24, 2.45) is 5.92 Å². The maximum atomic E-state index is 13.7. The number of hydrogen-bond donors (Lipinski definition) is 5. The van der Waals surface area contributed by atoms with Crippen molar-refractivity contribution in [1.29, 1.82) is 0 Å². The van der Waals surface area contributed by atoms with Crippen molar-refractivity contribution in [1.82, 2.24) is 16.0 Å². The first-order valence-electron chi connectivity index (χ1n) is 17.1. The van der Waals surface area contributed by atoms with E-state index in [1.807, 2.05) is 78.9 Å². The minimum absolute atomic E-state index is 0.00256. The van der Waals surface area contributed by atoms with Gasteiger partial charge in [-0.3, -0.25) is 14.4 Å². The minimum Gasteiger partial charge on any atom is -0.461 e. The van der Waals surface area contributed by atoms with Crippen LogP contribution in [-0.2, 0) is 41.7 Å². The molecule has 0 unspecified atom stereocenters. The Hall–Kier alpha value is -6.01. The van der Waals surface area contributed by atoms with Gasteiger partial charge in [0.05, 0.1) is 18.6 Å². The topological polar surface area (TPSA) is 172 Å². The molecule has 0 saturated heterocycles. The number of amides is 4. The first kappa shape index (κ1) is 37.3. The van der Waals surface area contributed by atoms with Crippen molar-refractivity contribution in [3.63, 3.8) is 0 Å². The summed E-state index contributed by atoms with van der Waals surface area (Å²) in [5.74, 6) is -3.45. The third-order valence-electron chi connectivity index (χ3n) is 8.50. The number of benzene rings is 4. The van der Waals surface area contributed by atoms with Gasteiger partial charge in [-0.25, -0.2) is 9.59 Å². The van der Waals surface area contributed by atoms with Gasteiger partial charge in [-0.15, -0.1) is 0 Å². The lowest BCUT2D eigenvalue weighted by Crippen LogP contribution is -2.51. The normalized spacial score (nSPS) is 18.4. The number of cyclic esters (lactones) is 1. The smallest absolute Gasteiger partial charge is 0.408 e. The van der Waals surface area contributed by atoms with Crippen LogP contribution in [0.4, 0.5) is 10.5 Å². The van der Waals surface area contributed by atoms with Crippen molar-refractivity contribution in [2.45, 2.75) is 50.4 Å². The Morgan fingerprint density at radius 3 is 2.25 bits per heavy atom. The third kappa shape index (κ3) is 11.3. The molecule has 0 aromatic heterocycles. The number of rotatable bonds is 11. The van der Waals surface area contributed by atoms with E-state index >= 15 is 0 Å². The van der Waals surface area contributed by atoms with Crippen molar-refractivity contribution >= 4 is 46.2 Å². The van der Waals surface area contributed by atoms with Gasteiger partial charge in [0.25, 0.3) is 5.91 Å². The molecule has 12 nitrogen and oxygen atoms in total. The van der Waals surface area contributed by atoms with Crippen molar-refractivity contribution < 1.29 is 38.6 Å². The van der Waals surface area contributed by atoms with Crippen molar-refractivity contribution in [3.05, 3.63) is 126 Å². The Morgan fingerprint density at radius 1 is 0.846 bits per heavy atom. The number of hydrogen-bond acceptors (Lipinski definition) is 8. The molecule has 4 atom stereocenters. The van der Waals surface area contributed by atoms with Crippen molar-refractivity contribution in [2.75, 3.05) is 18.5 Å². The number of fused-ring (bicyclic) bond motifs is 1. The van der Waals surface area contributed by atoms with Gasteiger partial charge in [-0.05, 0) is 53.3 Å². The number of nitrogens with one attached hydrogen (secondary N) is 4. The molecular formula is C40H42N4O8. The molecule has 0 fully saturated rings. The summed E-state index contributed by atoms with van der Waals surface area (Å²) < 4.78 is 10.8. The van der Waals surface area contributed by atoms with Gasteiger partial charge in [0.15, 0.2) is 0 Å². The number of alkyl carbamates (subject to hydrolysis) is 1. The number of allylic oxidation sites excluding steroid dienone is 1. The predicted octanol–water partition coefficient (Wildman–Crippen LogP) is 4.18. The zero-order chi connectivity index (χ0) is 36.7. The number of ether oxygens (including phenoxy) is 2. The Morgan fingerprint density at radius 2 is 1.52 bits per heavy atom. The number of anilines is 1. The zero-order valence-electron chi connectivity index (χ0n) is 28.5. The molecule has 52 heavy (non-hydrogen) atoms. The molecular weight excluding hydrogens is 664 g/mol. The van der Waals surface area contributed by atoms with E-state index in [1.54, 1.807) is 36.4 Å². The standard InChI is InChI=1S/C40H42N4O8/c45-24-33(21-27-11-3-1-4-12-27)41-36(46)23-31-17-9-10-18-34(44-40(50)52-25-28-13-5-2-6-14-28)39(49)51-26-35(43-37(31)47)38(48)42-32-20-19-29-15-7-8-16-30(29)22-32/h1-16,19-20,22,31,33-35,45H,17-18,21,23-26H2,(H,41,46)(H,42,48)(H,43,47)(H,44,50)/t31-,33+,34-,35+/m1/s1. The molecule has 4 aromatic carbocycles. The second-order valence-corrected chi connectivity index (χ2v) is 12.5. The molecule has 12 heteroatoms. The van der Waals surface area contributed by atoms with E-state index in [-0.39, 0.29) is 32.5 Å². The molecule has 1 aliphatic rings. The van der Waals surface area contributed by atoms with Crippen LogP contribution in [-0.4, -0.2) is 66.2 Å². The van der Waals surface area contributed by atoms with Gasteiger partial charge in [0.1, 0.15) is 25.3 Å². The number of esters is 1. The highest BCUT2D eigenvalue weighted by Gasteiger charge is 2.31. The molecule has 1 heterocycles. The number of aliphatic hydroxyl groups excluding tert-OH is 1. The summed E-state index contributed by atoms with van der Waals surface area (Å²) in [6, 6.07) is 28.3.